The van der Waals surface area contributed by atoms with Crippen molar-refractivity contribution in [3.8, 4) is 0 Å². The molecule has 0 aliphatic carbocycles. The van der Waals surface area contributed by atoms with E-state index in [0.29, 0.717) is 6.54 Å². The first-order chi connectivity index (χ1) is 9.66. The van der Waals surface area contributed by atoms with Crippen LogP contribution in [0, 0.1) is 0 Å². The van der Waals surface area contributed by atoms with Crippen molar-refractivity contribution in [2.75, 3.05) is 6.54 Å². The molecule has 0 rings (SSSR count). The Labute approximate surface area is 122 Å². The van der Waals surface area contributed by atoms with Crippen LogP contribution in [0.2, 0.25) is 0 Å². The second kappa shape index (κ2) is 14.1. The molecule has 4 nitrogen and oxygen atoms in total. The maximum atomic E-state index is 11.1. The molecule has 0 unspecified atom stereocenters. The fourth-order valence-electron chi connectivity index (χ4n) is 2.03. The monoisotopic (exact) mass is 283 g/mol. The van der Waals surface area contributed by atoms with Crippen LogP contribution in [0.25, 0.3) is 0 Å². The zero-order valence-electron chi connectivity index (χ0n) is 12.7. The Balaban J connectivity index is 3.20. The van der Waals surface area contributed by atoms with E-state index in [0.717, 1.165) is 25.0 Å². The van der Waals surface area contributed by atoms with Crippen LogP contribution in [0.15, 0.2) is 12.2 Å². The fraction of sp³-hybridized carbons (Fsp3) is 0.750. The molecule has 0 aromatic heterocycles. The van der Waals surface area contributed by atoms with Crippen molar-refractivity contribution in [3.63, 3.8) is 0 Å². The summed E-state index contributed by atoms with van der Waals surface area (Å²) in [6.45, 7) is 2.86. The number of aliphatic carboxylic acids is 1. The zero-order chi connectivity index (χ0) is 15.1. The molecule has 116 valence electrons. The average Bonchev–Trinajstić information content (AvgIpc) is 2.42. The minimum atomic E-state index is -1.10. The first-order valence-electron chi connectivity index (χ1n) is 7.85. The number of carboxylic acids is 1. The van der Waals surface area contributed by atoms with Gasteiger partial charge in [0.25, 0.3) is 0 Å². The van der Waals surface area contributed by atoms with Crippen molar-refractivity contribution >= 4 is 11.9 Å². The fourth-order valence-corrected chi connectivity index (χ4v) is 2.03. The molecule has 0 aliphatic rings. The molecule has 0 saturated heterocycles. The Morgan fingerprint density at radius 1 is 0.850 bits per heavy atom. The molecule has 0 saturated carbocycles. The molecular formula is C16H29NO3. The lowest BCUT2D eigenvalue weighted by Crippen LogP contribution is -2.22. The van der Waals surface area contributed by atoms with Gasteiger partial charge < -0.3 is 10.4 Å². The summed E-state index contributed by atoms with van der Waals surface area (Å²) in [7, 11) is 0. The number of hydrogen-bond acceptors (Lipinski definition) is 2. The third kappa shape index (κ3) is 14.7. The SMILES string of the molecule is CCCCCCCCCCCCNC(=O)C=CC(=O)O. The lowest BCUT2D eigenvalue weighted by molar-refractivity contribution is -0.131. The second-order valence-electron chi connectivity index (χ2n) is 5.14. The maximum absolute atomic E-state index is 11.1. The van der Waals surface area contributed by atoms with Crippen molar-refractivity contribution in [3.05, 3.63) is 12.2 Å². The van der Waals surface area contributed by atoms with E-state index in [1.807, 2.05) is 0 Å². The standard InChI is InChI=1S/C16H29NO3/c1-2-3-4-5-6-7-8-9-10-11-14-17-15(18)12-13-16(19)20/h12-13H,2-11,14H2,1H3,(H,17,18)(H,19,20). The zero-order valence-corrected chi connectivity index (χ0v) is 12.7. The van der Waals surface area contributed by atoms with Crippen molar-refractivity contribution in [2.24, 2.45) is 0 Å². The summed E-state index contributed by atoms with van der Waals surface area (Å²) in [6, 6.07) is 0. The van der Waals surface area contributed by atoms with Gasteiger partial charge in [-0.25, -0.2) is 4.79 Å². The van der Waals surface area contributed by atoms with E-state index in [-0.39, 0.29) is 5.91 Å². The molecule has 0 spiro atoms. The van der Waals surface area contributed by atoms with Crippen LogP contribution in [-0.2, 0) is 9.59 Å². The van der Waals surface area contributed by atoms with Crippen LogP contribution in [0.4, 0.5) is 0 Å². The van der Waals surface area contributed by atoms with Crippen LogP contribution >= 0.6 is 0 Å². The molecule has 0 bridgehead atoms. The molecule has 1 amide bonds. The Kier molecular flexibility index (Phi) is 13.2. The Morgan fingerprint density at radius 2 is 1.35 bits per heavy atom. The highest BCUT2D eigenvalue weighted by Gasteiger charge is 1.96. The van der Waals surface area contributed by atoms with Gasteiger partial charge in [0.2, 0.25) is 5.91 Å². The van der Waals surface area contributed by atoms with Gasteiger partial charge in [-0.3, -0.25) is 4.79 Å². The summed E-state index contributed by atoms with van der Waals surface area (Å²) in [6.07, 6.45) is 14.5. The van der Waals surface area contributed by atoms with Crippen LogP contribution in [-0.4, -0.2) is 23.5 Å². The van der Waals surface area contributed by atoms with Gasteiger partial charge in [0.05, 0.1) is 0 Å². The molecule has 20 heavy (non-hydrogen) atoms. The van der Waals surface area contributed by atoms with Crippen molar-refractivity contribution in [2.45, 2.75) is 71.1 Å². The third-order valence-corrected chi connectivity index (χ3v) is 3.21. The van der Waals surface area contributed by atoms with Crippen LogP contribution in [0.5, 0.6) is 0 Å². The van der Waals surface area contributed by atoms with Crippen LogP contribution < -0.4 is 5.32 Å². The molecule has 4 heteroatoms. The first-order valence-corrected chi connectivity index (χ1v) is 7.85. The number of carbonyl (C=O) groups is 2. The maximum Gasteiger partial charge on any atom is 0.328 e. The van der Waals surface area contributed by atoms with Gasteiger partial charge in [0.1, 0.15) is 0 Å². The Morgan fingerprint density at radius 3 is 1.85 bits per heavy atom. The minimum absolute atomic E-state index is 0.330. The molecule has 0 aromatic carbocycles. The topological polar surface area (TPSA) is 66.4 Å². The predicted molar refractivity (Wildman–Crippen MR) is 81.6 cm³/mol. The lowest BCUT2D eigenvalue weighted by atomic mass is 10.1. The molecule has 0 atom stereocenters. The Hall–Kier alpha value is -1.32. The second-order valence-corrected chi connectivity index (χ2v) is 5.14. The normalized spacial score (nSPS) is 10.8. The molecule has 0 radical (unpaired) electrons. The number of carboxylic acid groups (broad SMARTS) is 1. The Bertz CT molecular complexity index is 287. The van der Waals surface area contributed by atoms with E-state index in [1.165, 1.54) is 51.4 Å². The third-order valence-electron chi connectivity index (χ3n) is 3.21. The highest BCUT2D eigenvalue weighted by atomic mass is 16.4. The van der Waals surface area contributed by atoms with Gasteiger partial charge in [0, 0.05) is 18.7 Å². The highest BCUT2D eigenvalue weighted by molar-refractivity contribution is 5.93. The summed E-state index contributed by atoms with van der Waals surface area (Å²) in [4.78, 5) is 21.3. The number of amides is 1. The summed E-state index contributed by atoms with van der Waals surface area (Å²) in [5, 5.41) is 11.0. The lowest BCUT2D eigenvalue weighted by Gasteiger charge is -2.03. The van der Waals surface area contributed by atoms with Gasteiger partial charge in [-0.05, 0) is 6.42 Å². The summed E-state index contributed by atoms with van der Waals surface area (Å²) in [5.41, 5.74) is 0. The van der Waals surface area contributed by atoms with Crippen LogP contribution in [0.1, 0.15) is 71.1 Å². The largest absolute Gasteiger partial charge is 0.478 e. The summed E-state index contributed by atoms with van der Waals surface area (Å²) < 4.78 is 0. The van der Waals surface area contributed by atoms with Crippen molar-refractivity contribution in [1.29, 1.82) is 0 Å². The van der Waals surface area contributed by atoms with E-state index >= 15 is 0 Å². The quantitative estimate of drug-likeness (QED) is 0.400. The highest BCUT2D eigenvalue weighted by Crippen LogP contribution is 2.10. The van der Waals surface area contributed by atoms with E-state index in [4.69, 9.17) is 5.11 Å². The van der Waals surface area contributed by atoms with Crippen molar-refractivity contribution < 1.29 is 14.7 Å². The first kappa shape index (κ1) is 18.7. The van der Waals surface area contributed by atoms with Gasteiger partial charge in [-0.1, -0.05) is 64.7 Å². The van der Waals surface area contributed by atoms with E-state index < -0.39 is 5.97 Å². The van der Waals surface area contributed by atoms with Crippen molar-refractivity contribution in [1.82, 2.24) is 5.32 Å². The van der Waals surface area contributed by atoms with E-state index in [9.17, 15) is 9.59 Å². The summed E-state index contributed by atoms with van der Waals surface area (Å²) >= 11 is 0. The van der Waals surface area contributed by atoms with Gasteiger partial charge in [-0.2, -0.15) is 0 Å². The van der Waals surface area contributed by atoms with E-state index in [2.05, 4.69) is 12.2 Å². The smallest absolute Gasteiger partial charge is 0.328 e. The molecular weight excluding hydrogens is 254 g/mol. The molecule has 0 aliphatic heterocycles. The number of rotatable bonds is 13. The number of nitrogens with one attached hydrogen (secondary N) is 1. The molecule has 0 fully saturated rings. The summed E-state index contributed by atoms with van der Waals surface area (Å²) in [5.74, 6) is -1.43. The minimum Gasteiger partial charge on any atom is -0.478 e. The number of carbonyl (C=O) groups excluding carboxylic acids is 1. The van der Waals surface area contributed by atoms with E-state index in [1.54, 1.807) is 0 Å². The average molecular weight is 283 g/mol. The molecule has 2 N–H and O–H groups in total. The van der Waals surface area contributed by atoms with Crippen LogP contribution in [0.3, 0.4) is 0 Å². The molecule has 0 aromatic rings. The number of hydrogen-bond donors (Lipinski definition) is 2. The number of unbranched alkanes of at least 4 members (excludes halogenated alkanes) is 9. The predicted octanol–water partition coefficient (Wildman–Crippen LogP) is 3.66. The molecule has 0 heterocycles. The van der Waals surface area contributed by atoms with Gasteiger partial charge in [-0.15, -0.1) is 0 Å². The van der Waals surface area contributed by atoms with Gasteiger partial charge >= 0.3 is 5.97 Å². The van der Waals surface area contributed by atoms with Gasteiger partial charge in [0.15, 0.2) is 0 Å².